The molecule has 3 heteroatoms. The van der Waals surface area contributed by atoms with Crippen LogP contribution in [-0.2, 0) is 0 Å². The minimum Gasteiger partial charge on any atom is -0.468 e. The molecule has 1 rings (SSSR count). The van der Waals surface area contributed by atoms with Gasteiger partial charge in [-0.15, -0.1) is 0 Å². The summed E-state index contributed by atoms with van der Waals surface area (Å²) in [5, 5.41) is 12.4. The number of hydrogen-bond donors (Lipinski definition) is 2. The molecule has 1 heterocycles. The molecule has 14 heavy (non-hydrogen) atoms. The number of aliphatic hydroxyl groups is 1. The van der Waals surface area contributed by atoms with E-state index in [4.69, 9.17) is 9.52 Å². The van der Waals surface area contributed by atoms with Gasteiger partial charge in [0, 0.05) is 18.6 Å². The zero-order valence-electron chi connectivity index (χ0n) is 9.08. The van der Waals surface area contributed by atoms with Crippen LogP contribution in [0.5, 0.6) is 0 Å². The molecule has 0 spiro atoms. The molecular weight excluding hydrogens is 178 g/mol. The third kappa shape index (κ3) is 3.16. The Morgan fingerprint density at radius 2 is 2.29 bits per heavy atom. The van der Waals surface area contributed by atoms with Crippen LogP contribution in [0, 0.1) is 5.41 Å². The van der Waals surface area contributed by atoms with Crippen LogP contribution in [0.2, 0.25) is 0 Å². The van der Waals surface area contributed by atoms with Crippen molar-refractivity contribution in [3.63, 3.8) is 0 Å². The van der Waals surface area contributed by atoms with Crippen LogP contribution >= 0.6 is 0 Å². The average Bonchev–Trinajstić information content (AvgIpc) is 2.67. The molecule has 0 aliphatic heterocycles. The number of furan rings is 1. The third-order valence-electron chi connectivity index (χ3n) is 2.28. The molecule has 1 aromatic heterocycles. The summed E-state index contributed by atoms with van der Waals surface area (Å²) in [6.45, 7) is 7.05. The first-order valence-electron chi connectivity index (χ1n) is 4.93. The van der Waals surface area contributed by atoms with E-state index >= 15 is 0 Å². The summed E-state index contributed by atoms with van der Waals surface area (Å²) in [6, 6.07) is 4.02. The molecule has 3 nitrogen and oxygen atoms in total. The van der Waals surface area contributed by atoms with Gasteiger partial charge in [-0.3, -0.25) is 0 Å². The van der Waals surface area contributed by atoms with Crippen molar-refractivity contribution in [3.8, 4) is 0 Å². The van der Waals surface area contributed by atoms with E-state index < -0.39 is 0 Å². The maximum Gasteiger partial charge on any atom is 0.120 e. The zero-order valence-corrected chi connectivity index (χ0v) is 9.08. The molecule has 1 aromatic rings. The highest BCUT2D eigenvalue weighted by Crippen LogP contribution is 2.16. The van der Waals surface area contributed by atoms with Crippen molar-refractivity contribution in [3.05, 3.63) is 24.2 Å². The second kappa shape index (κ2) is 4.62. The highest BCUT2D eigenvalue weighted by atomic mass is 16.3. The normalized spacial score (nSPS) is 14.3. The quantitative estimate of drug-likeness (QED) is 0.758. The average molecular weight is 197 g/mol. The minimum atomic E-state index is -0.0825. The minimum absolute atomic E-state index is 0.0825. The summed E-state index contributed by atoms with van der Waals surface area (Å²) in [4.78, 5) is 0. The van der Waals surface area contributed by atoms with E-state index in [1.54, 1.807) is 6.26 Å². The standard InChI is InChI=1S/C11H19NO2/c1-9(10-5-4-6-14-10)12-7-11(2,3)8-13/h4-6,9,12-13H,7-8H2,1-3H3. The second-order valence-corrected chi connectivity index (χ2v) is 4.44. The van der Waals surface area contributed by atoms with E-state index in [0.717, 1.165) is 12.3 Å². The van der Waals surface area contributed by atoms with Crippen LogP contribution in [0.1, 0.15) is 32.6 Å². The van der Waals surface area contributed by atoms with Crippen molar-refractivity contribution >= 4 is 0 Å². The van der Waals surface area contributed by atoms with E-state index in [1.807, 2.05) is 32.9 Å². The van der Waals surface area contributed by atoms with Crippen LogP contribution in [0.4, 0.5) is 0 Å². The Labute approximate surface area is 85.1 Å². The first-order chi connectivity index (χ1) is 6.55. The molecule has 0 fully saturated rings. The van der Waals surface area contributed by atoms with Crippen molar-refractivity contribution < 1.29 is 9.52 Å². The van der Waals surface area contributed by atoms with Crippen LogP contribution in [0.3, 0.4) is 0 Å². The molecular formula is C11H19NO2. The Morgan fingerprint density at radius 3 is 2.79 bits per heavy atom. The van der Waals surface area contributed by atoms with Gasteiger partial charge in [0.05, 0.1) is 12.3 Å². The lowest BCUT2D eigenvalue weighted by Crippen LogP contribution is -2.33. The lowest BCUT2D eigenvalue weighted by atomic mass is 9.94. The predicted molar refractivity (Wildman–Crippen MR) is 56.0 cm³/mol. The first kappa shape index (κ1) is 11.3. The molecule has 80 valence electrons. The van der Waals surface area contributed by atoms with Crippen LogP contribution in [0.25, 0.3) is 0 Å². The molecule has 0 amide bonds. The fourth-order valence-corrected chi connectivity index (χ4v) is 1.12. The summed E-state index contributed by atoms with van der Waals surface area (Å²) in [5.41, 5.74) is -0.0825. The predicted octanol–water partition coefficient (Wildman–Crippen LogP) is 1.95. The van der Waals surface area contributed by atoms with Crippen LogP contribution < -0.4 is 5.32 Å². The van der Waals surface area contributed by atoms with Gasteiger partial charge in [-0.05, 0) is 19.1 Å². The van der Waals surface area contributed by atoms with Crippen LogP contribution in [-0.4, -0.2) is 18.3 Å². The molecule has 0 radical (unpaired) electrons. The summed E-state index contributed by atoms with van der Waals surface area (Å²) in [5.74, 6) is 0.929. The Kier molecular flexibility index (Phi) is 3.72. The van der Waals surface area contributed by atoms with Crippen molar-refractivity contribution in [1.82, 2.24) is 5.32 Å². The zero-order chi connectivity index (χ0) is 10.6. The monoisotopic (exact) mass is 197 g/mol. The van der Waals surface area contributed by atoms with E-state index in [0.29, 0.717) is 0 Å². The molecule has 1 unspecified atom stereocenters. The molecule has 1 atom stereocenters. The number of nitrogens with one attached hydrogen (secondary N) is 1. The van der Waals surface area contributed by atoms with Crippen molar-refractivity contribution in [2.45, 2.75) is 26.8 Å². The summed E-state index contributed by atoms with van der Waals surface area (Å²) >= 11 is 0. The third-order valence-corrected chi connectivity index (χ3v) is 2.28. The summed E-state index contributed by atoms with van der Waals surface area (Å²) < 4.78 is 5.27. The Balaban J connectivity index is 2.39. The van der Waals surface area contributed by atoms with Gasteiger partial charge in [0.2, 0.25) is 0 Å². The molecule has 0 bridgehead atoms. The maximum absolute atomic E-state index is 9.07. The Morgan fingerprint density at radius 1 is 1.57 bits per heavy atom. The van der Waals surface area contributed by atoms with Gasteiger partial charge in [0.25, 0.3) is 0 Å². The number of hydrogen-bond acceptors (Lipinski definition) is 3. The smallest absolute Gasteiger partial charge is 0.120 e. The fourth-order valence-electron chi connectivity index (χ4n) is 1.12. The molecule has 0 saturated heterocycles. The van der Waals surface area contributed by atoms with E-state index in [1.165, 1.54) is 0 Å². The van der Waals surface area contributed by atoms with Crippen LogP contribution in [0.15, 0.2) is 22.8 Å². The van der Waals surface area contributed by atoms with E-state index in [-0.39, 0.29) is 18.1 Å². The summed E-state index contributed by atoms with van der Waals surface area (Å²) in [6.07, 6.45) is 1.67. The topological polar surface area (TPSA) is 45.4 Å². The van der Waals surface area contributed by atoms with E-state index in [9.17, 15) is 0 Å². The Hall–Kier alpha value is -0.800. The number of rotatable bonds is 5. The lowest BCUT2D eigenvalue weighted by Gasteiger charge is -2.24. The van der Waals surface area contributed by atoms with Gasteiger partial charge in [-0.2, -0.15) is 0 Å². The highest BCUT2D eigenvalue weighted by Gasteiger charge is 2.18. The molecule has 0 aliphatic carbocycles. The van der Waals surface area contributed by atoms with Crippen molar-refractivity contribution in [2.24, 2.45) is 5.41 Å². The van der Waals surface area contributed by atoms with Gasteiger partial charge >= 0.3 is 0 Å². The maximum atomic E-state index is 9.07. The highest BCUT2D eigenvalue weighted by molar-refractivity contribution is 5.03. The largest absolute Gasteiger partial charge is 0.468 e. The SMILES string of the molecule is CC(NCC(C)(C)CO)c1ccco1. The van der Waals surface area contributed by atoms with Gasteiger partial charge in [-0.1, -0.05) is 13.8 Å². The second-order valence-electron chi connectivity index (χ2n) is 4.44. The first-order valence-corrected chi connectivity index (χ1v) is 4.93. The number of aliphatic hydroxyl groups excluding tert-OH is 1. The van der Waals surface area contributed by atoms with E-state index in [2.05, 4.69) is 5.32 Å². The van der Waals surface area contributed by atoms with Gasteiger partial charge in [0.15, 0.2) is 0 Å². The molecule has 0 aliphatic rings. The lowest BCUT2D eigenvalue weighted by molar-refractivity contribution is 0.152. The fraction of sp³-hybridized carbons (Fsp3) is 0.636. The van der Waals surface area contributed by atoms with Gasteiger partial charge in [0.1, 0.15) is 5.76 Å². The summed E-state index contributed by atoms with van der Waals surface area (Å²) in [7, 11) is 0. The molecule has 0 aromatic carbocycles. The van der Waals surface area contributed by atoms with Gasteiger partial charge in [-0.25, -0.2) is 0 Å². The molecule has 0 saturated carbocycles. The van der Waals surface area contributed by atoms with Crippen molar-refractivity contribution in [1.29, 1.82) is 0 Å². The molecule has 2 N–H and O–H groups in total. The Bertz CT molecular complexity index is 254. The van der Waals surface area contributed by atoms with Gasteiger partial charge < -0.3 is 14.8 Å². The van der Waals surface area contributed by atoms with Crippen molar-refractivity contribution in [2.75, 3.05) is 13.2 Å².